The third-order valence-electron chi connectivity index (χ3n) is 4.01. The smallest absolute Gasteiger partial charge is 0.123 e. The molecule has 0 heterocycles. The number of benzene rings is 2. The average Bonchev–Trinajstić information content (AvgIpc) is 2.49. The van der Waals surface area contributed by atoms with Gasteiger partial charge < -0.3 is 10.6 Å². The quantitative estimate of drug-likeness (QED) is 0.901. The fourth-order valence-corrected chi connectivity index (χ4v) is 2.63. The van der Waals surface area contributed by atoms with Crippen molar-refractivity contribution in [3.8, 4) is 0 Å². The number of halogens is 1. The molecule has 2 aromatic carbocycles. The van der Waals surface area contributed by atoms with Crippen LogP contribution in [0.4, 0.5) is 10.1 Å². The number of likely N-dealkylation sites (N-methyl/N-ethyl adjacent to an activating group) is 1. The first kappa shape index (κ1) is 15.5. The standard InChI is InChI=1S/C18H23FN2/c1-4-21(17-9-7-16(19)8-10-17)18(12-20)15-6-5-13(2)14(3)11-15/h5-11,18H,4,12,20H2,1-3H3. The van der Waals surface area contributed by atoms with Crippen molar-refractivity contribution in [2.75, 3.05) is 18.0 Å². The molecule has 0 aliphatic carbocycles. The largest absolute Gasteiger partial charge is 0.363 e. The summed E-state index contributed by atoms with van der Waals surface area (Å²) in [5.74, 6) is -0.217. The van der Waals surface area contributed by atoms with E-state index in [9.17, 15) is 4.39 Å². The fraction of sp³-hybridized carbons (Fsp3) is 0.333. The molecule has 0 radical (unpaired) electrons. The van der Waals surface area contributed by atoms with Gasteiger partial charge in [-0.1, -0.05) is 18.2 Å². The van der Waals surface area contributed by atoms with Gasteiger partial charge in [0.05, 0.1) is 6.04 Å². The van der Waals surface area contributed by atoms with E-state index in [0.29, 0.717) is 6.54 Å². The van der Waals surface area contributed by atoms with Gasteiger partial charge in [0.2, 0.25) is 0 Å². The summed E-state index contributed by atoms with van der Waals surface area (Å²) in [4.78, 5) is 2.21. The van der Waals surface area contributed by atoms with Gasteiger partial charge in [-0.05, 0) is 61.7 Å². The highest BCUT2D eigenvalue weighted by Gasteiger charge is 2.18. The lowest BCUT2D eigenvalue weighted by Crippen LogP contribution is -2.33. The average molecular weight is 286 g/mol. The summed E-state index contributed by atoms with van der Waals surface area (Å²) in [5.41, 5.74) is 10.8. The van der Waals surface area contributed by atoms with E-state index in [1.54, 1.807) is 0 Å². The summed E-state index contributed by atoms with van der Waals surface area (Å²) in [6.07, 6.45) is 0. The first-order chi connectivity index (χ1) is 10.1. The van der Waals surface area contributed by atoms with Crippen LogP contribution < -0.4 is 10.6 Å². The Bertz CT molecular complexity index is 593. The Morgan fingerprint density at radius 2 is 1.71 bits per heavy atom. The zero-order chi connectivity index (χ0) is 15.4. The van der Waals surface area contributed by atoms with Crippen LogP contribution in [-0.2, 0) is 0 Å². The second-order valence-electron chi connectivity index (χ2n) is 5.36. The van der Waals surface area contributed by atoms with Crippen LogP contribution in [-0.4, -0.2) is 13.1 Å². The Balaban J connectivity index is 2.36. The van der Waals surface area contributed by atoms with Gasteiger partial charge in [-0.25, -0.2) is 4.39 Å². The summed E-state index contributed by atoms with van der Waals surface area (Å²) in [5, 5.41) is 0. The van der Waals surface area contributed by atoms with Gasteiger partial charge in [-0.3, -0.25) is 0 Å². The van der Waals surface area contributed by atoms with E-state index in [4.69, 9.17) is 5.73 Å². The van der Waals surface area contributed by atoms with Crippen molar-refractivity contribution in [1.29, 1.82) is 0 Å². The van der Waals surface area contributed by atoms with Gasteiger partial charge >= 0.3 is 0 Å². The maximum absolute atomic E-state index is 13.1. The van der Waals surface area contributed by atoms with E-state index in [1.165, 1.54) is 28.8 Å². The van der Waals surface area contributed by atoms with Crippen molar-refractivity contribution < 1.29 is 4.39 Å². The second kappa shape index (κ2) is 6.72. The minimum atomic E-state index is -0.217. The Kier molecular flexibility index (Phi) is 4.97. The number of nitrogens with two attached hydrogens (primary N) is 1. The Morgan fingerprint density at radius 1 is 1.05 bits per heavy atom. The van der Waals surface area contributed by atoms with E-state index in [-0.39, 0.29) is 11.9 Å². The molecule has 112 valence electrons. The third-order valence-corrected chi connectivity index (χ3v) is 4.01. The van der Waals surface area contributed by atoms with Crippen LogP contribution in [0.15, 0.2) is 42.5 Å². The van der Waals surface area contributed by atoms with E-state index in [2.05, 4.69) is 43.9 Å². The van der Waals surface area contributed by atoms with Crippen LogP contribution in [0.3, 0.4) is 0 Å². The minimum absolute atomic E-state index is 0.0970. The van der Waals surface area contributed by atoms with Crippen molar-refractivity contribution in [1.82, 2.24) is 0 Å². The zero-order valence-electron chi connectivity index (χ0n) is 12.9. The molecule has 1 atom stereocenters. The van der Waals surface area contributed by atoms with E-state index in [0.717, 1.165) is 12.2 Å². The lowest BCUT2D eigenvalue weighted by atomic mass is 9.99. The SMILES string of the molecule is CCN(c1ccc(F)cc1)C(CN)c1ccc(C)c(C)c1. The highest BCUT2D eigenvalue weighted by molar-refractivity contribution is 5.49. The van der Waals surface area contributed by atoms with Crippen LogP contribution in [0.2, 0.25) is 0 Å². The monoisotopic (exact) mass is 286 g/mol. The van der Waals surface area contributed by atoms with E-state index >= 15 is 0 Å². The molecule has 2 N–H and O–H groups in total. The van der Waals surface area contributed by atoms with E-state index < -0.39 is 0 Å². The number of nitrogens with zero attached hydrogens (tertiary/aromatic N) is 1. The van der Waals surface area contributed by atoms with Crippen LogP contribution in [0, 0.1) is 19.7 Å². The predicted molar refractivity (Wildman–Crippen MR) is 87.1 cm³/mol. The Labute approximate surface area is 126 Å². The van der Waals surface area contributed by atoms with Crippen LogP contribution in [0.25, 0.3) is 0 Å². The van der Waals surface area contributed by atoms with Gasteiger partial charge in [0.25, 0.3) is 0 Å². The molecule has 0 spiro atoms. The highest BCUT2D eigenvalue weighted by Crippen LogP contribution is 2.27. The van der Waals surface area contributed by atoms with Gasteiger partial charge in [-0.2, -0.15) is 0 Å². The van der Waals surface area contributed by atoms with Crippen LogP contribution in [0.1, 0.15) is 29.7 Å². The Morgan fingerprint density at radius 3 is 2.24 bits per heavy atom. The molecule has 2 aromatic rings. The molecule has 1 unspecified atom stereocenters. The predicted octanol–water partition coefficient (Wildman–Crippen LogP) is 3.97. The summed E-state index contributed by atoms with van der Waals surface area (Å²) >= 11 is 0. The number of hydrogen-bond donors (Lipinski definition) is 1. The minimum Gasteiger partial charge on any atom is -0.363 e. The summed E-state index contributed by atoms with van der Waals surface area (Å²) in [6.45, 7) is 7.65. The van der Waals surface area contributed by atoms with Crippen LogP contribution >= 0.6 is 0 Å². The summed E-state index contributed by atoms with van der Waals surface area (Å²) in [6, 6.07) is 13.2. The third kappa shape index (κ3) is 3.42. The molecule has 0 aliphatic rings. The van der Waals surface area contributed by atoms with Gasteiger partial charge in [0, 0.05) is 18.8 Å². The second-order valence-corrected chi connectivity index (χ2v) is 5.36. The van der Waals surface area contributed by atoms with Crippen molar-refractivity contribution >= 4 is 5.69 Å². The molecule has 0 amide bonds. The maximum atomic E-state index is 13.1. The van der Waals surface area contributed by atoms with Crippen molar-refractivity contribution in [2.45, 2.75) is 26.8 Å². The van der Waals surface area contributed by atoms with Gasteiger partial charge in [0.15, 0.2) is 0 Å². The van der Waals surface area contributed by atoms with Crippen molar-refractivity contribution in [3.05, 3.63) is 65.0 Å². The molecule has 0 aromatic heterocycles. The molecule has 0 saturated heterocycles. The summed E-state index contributed by atoms with van der Waals surface area (Å²) < 4.78 is 13.1. The lowest BCUT2D eigenvalue weighted by Gasteiger charge is -2.32. The molecular formula is C18H23FN2. The van der Waals surface area contributed by atoms with Gasteiger partial charge in [0.1, 0.15) is 5.82 Å². The maximum Gasteiger partial charge on any atom is 0.123 e. The molecule has 0 bridgehead atoms. The van der Waals surface area contributed by atoms with Crippen molar-refractivity contribution in [3.63, 3.8) is 0 Å². The highest BCUT2D eigenvalue weighted by atomic mass is 19.1. The molecule has 2 rings (SSSR count). The number of aryl methyl sites for hydroxylation is 2. The number of rotatable bonds is 5. The number of anilines is 1. The molecule has 0 fully saturated rings. The Hall–Kier alpha value is -1.87. The van der Waals surface area contributed by atoms with E-state index in [1.807, 2.05) is 12.1 Å². The fourth-order valence-electron chi connectivity index (χ4n) is 2.63. The number of hydrogen-bond acceptors (Lipinski definition) is 2. The molecular weight excluding hydrogens is 263 g/mol. The molecule has 21 heavy (non-hydrogen) atoms. The van der Waals surface area contributed by atoms with Crippen LogP contribution in [0.5, 0.6) is 0 Å². The van der Waals surface area contributed by atoms with Crippen molar-refractivity contribution in [2.24, 2.45) is 5.73 Å². The normalized spacial score (nSPS) is 12.2. The lowest BCUT2D eigenvalue weighted by molar-refractivity contribution is 0.622. The molecule has 3 heteroatoms. The molecule has 0 aliphatic heterocycles. The summed E-state index contributed by atoms with van der Waals surface area (Å²) in [7, 11) is 0. The molecule has 2 nitrogen and oxygen atoms in total. The topological polar surface area (TPSA) is 29.3 Å². The van der Waals surface area contributed by atoms with Gasteiger partial charge in [-0.15, -0.1) is 0 Å². The first-order valence-electron chi connectivity index (χ1n) is 7.36. The zero-order valence-corrected chi connectivity index (χ0v) is 12.9. The first-order valence-corrected chi connectivity index (χ1v) is 7.36. The molecule has 0 saturated carbocycles.